The van der Waals surface area contributed by atoms with Crippen molar-refractivity contribution in [1.82, 2.24) is 10.6 Å². The zero-order valence-electron chi connectivity index (χ0n) is 12.2. The van der Waals surface area contributed by atoms with Crippen LogP contribution in [0, 0.1) is 0 Å². The van der Waals surface area contributed by atoms with Gasteiger partial charge in [0.1, 0.15) is 0 Å². The van der Waals surface area contributed by atoms with Crippen molar-refractivity contribution in [3.8, 4) is 0 Å². The fraction of sp³-hybridized carbons (Fsp3) is 0.562. The molecule has 2 N–H and O–H groups in total. The summed E-state index contributed by atoms with van der Waals surface area (Å²) in [6.07, 6.45) is 3.93. The fourth-order valence-electron chi connectivity index (χ4n) is 2.91. The van der Waals surface area contributed by atoms with E-state index in [-0.39, 0.29) is 24.4 Å². The minimum atomic E-state index is 0. The normalized spacial score (nSPS) is 20.5. The van der Waals surface area contributed by atoms with Crippen molar-refractivity contribution in [2.24, 2.45) is 0 Å². The number of halogens is 1. The molecule has 1 saturated heterocycles. The van der Waals surface area contributed by atoms with Crippen LogP contribution in [0.4, 0.5) is 0 Å². The SMILES string of the molecule is Cl.O=C(CC1CCCCO1)NCc1ccc2c(c1)CNC2. The van der Waals surface area contributed by atoms with Crippen LogP contribution in [0.2, 0.25) is 0 Å². The molecule has 0 aromatic heterocycles. The Morgan fingerprint density at radius 1 is 1.29 bits per heavy atom. The van der Waals surface area contributed by atoms with E-state index < -0.39 is 0 Å². The van der Waals surface area contributed by atoms with E-state index in [4.69, 9.17) is 4.74 Å². The van der Waals surface area contributed by atoms with Gasteiger partial charge in [0.2, 0.25) is 5.91 Å². The number of nitrogens with one attached hydrogen (secondary N) is 2. The molecule has 0 saturated carbocycles. The van der Waals surface area contributed by atoms with E-state index in [1.165, 1.54) is 23.1 Å². The molecular formula is C16H23ClN2O2. The molecule has 2 heterocycles. The summed E-state index contributed by atoms with van der Waals surface area (Å²) < 4.78 is 5.59. The van der Waals surface area contributed by atoms with Crippen LogP contribution in [0.25, 0.3) is 0 Å². The Bertz CT molecular complexity index is 487. The third-order valence-electron chi connectivity index (χ3n) is 4.08. The van der Waals surface area contributed by atoms with Crippen molar-refractivity contribution >= 4 is 18.3 Å². The van der Waals surface area contributed by atoms with Crippen molar-refractivity contribution in [3.05, 3.63) is 34.9 Å². The highest BCUT2D eigenvalue weighted by molar-refractivity contribution is 5.85. The second-order valence-electron chi connectivity index (χ2n) is 5.68. The number of benzene rings is 1. The summed E-state index contributed by atoms with van der Waals surface area (Å²) >= 11 is 0. The molecule has 2 aliphatic heterocycles. The number of ether oxygens (including phenoxy) is 1. The first-order valence-electron chi connectivity index (χ1n) is 7.51. The van der Waals surface area contributed by atoms with Gasteiger partial charge in [-0.1, -0.05) is 18.2 Å². The second kappa shape index (κ2) is 7.78. The van der Waals surface area contributed by atoms with E-state index in [1.54, 1.807) is 0 Å². The highest BCUT2D eigenvalue weighted by atomic mass is 35.5. The Balaban J connectivity index is 0.00000161. The average Bonchev–Trinajstić information content (AvgIpc) is 2.93. The molecule has 0 aliphatic carbocycles. The first kappa shape index (κ1) is 16.3. The number of amides is 1. The van der Waals surface area contributed by atoms with Crippen LogP contribution in [0.15, 0.2) is 18.2 Å². The summed E-state index contributed by atoms with van der Waals surface area (Å²) in [6, 6.07) is 6.44. The Hall–Kier alpha value is -1.10. The standard InChI is InChI=1S/C16H22N2O2.ClH/c19-16(8-15-3-1-2-6-20-15)18-9-12-4-5-13-10-17-11-14(13)7-12;/h4-5,7,15,17H,1-3,6,8-11H2,(H,18,19);1H. The van der Waals surface area contributed by atoms with E-state index in [1.807, 2.05) is 0 Å². The smallest absolute Gasteiger partial charge is 0.222 e. The van der Waals surface area contributed by atoms with E-state index >= 15 is 0 Å². The first-order chi connectivity index (χ1) is 9.81. The Morgan fingerprint density at radius 2 is 2.14 bits per heavy atom. The van der Waals surface area contributed by atoms with E-state index in [2.05, 4.69) is 28.8 Å². The molecule has 0 spiro atoms. The summed E-state index contributed by atoms with van der Waals surface area (Å²) in [4.78, 5) is 11.9. The molecule has 1 unspecified atom stereocenters. The van der Waals surface area contributed by atoms with Crippen LogP contribution >= 0.6 is 12.4 Å². The molecule has 5 heteroatoms. The van der Waals surface area contributed by atoms with Crippen molar-refractivity contribution in [1.29, 1.82) is 0 Å². The van der Waals surface area contributed by atoms with Gasteiger partial charge in [0, 0.05) is 26.2 Å². The van der Waals surface area contributed by atoms with Crippen LogP contribution in [-0.4, -0.2) is 18.6 Å². The van der Waals surface area contributed by atoms with Crippen molar-refractivity contribution in [2.75, 3.05) is 6.61 Å². The topological polar surface area (TPSA) is 50.4 Å². The molecule has 2 aliphatic rings. The van der Waals surface area contributed by atoms with Gasteiger partial charge in [0.05, 0.1) is 12.5 Å². The van der Waals surface area contributed by atoms with Crippen LogP contribution in [0.1, 0.15) is 42.4 Å². The van der Waals surface area contributed by atoms with Crippen molar-refractivity contribution in [2.45, 2.75) is 51.4 Å². The minimum absolute atomic E-state index is 0. The highest BCUT2D eigenvalue weighted by Crippen LogP contribution is 2.17. The zero-order valence-corrected chi connectivity index (χ0v) is 13.0. The molecule has 4 nitrogen and oxygen atoms in total. The maximum atomic E-state index is 11.9. The van der Waals surface area contributed by atoms with Crippen LogP contribution in [-0.2, 0) is 29.2 Å². The lowest BCUT2D eigenvalue weighted by molar-refractivity contribution is -0.125. The summed E-state index contributed by atoms with van der Waals surface area (Å²) in [7, 11) is 0. The Morgan fingerprint density at radius 3 is 2.95 bits per heavy atom. The number of carbonyl (C=O) groups excluding carboxylic acids is 1. The number of fused-ring (bicyclic) bond motifs is 1. The lowest BCUT2D eigenvalue weighted by atomic mass is 10.1. The average molecular weight is 311 g/mol. The molecule has 1 fully saturated rings. The molecule has 0 radical (unpaired) electrons. The largest absolute Gasteiger partial charge is 0.378 e. The monoisotopic (exact) mass is 310 g/mol. The molecule has 1 aromatic rings. The van der Waals surface area contributed by atoms with Gasteiger partial charge >= 0.3 is 0 Å². The molecule has 1 aromatic carbocycles. The third kappa shape index (κ3) is 4.43. The summed E-state index contributed by atoms with van der Waals surface area (Å²) in [5.74, 6) is 0.0931. The predicted octanol–water partition coefficient (Wildman–Crippen LogP) is 2.29. The molecule has 21 heavy (non-hydrogen) atoms. The summed E-state index contributed by atoms with van der Waals surface area (Å²) in [5, 5.41) is 6.33. The maximum Gasteiger partial charge on any atom is 0.222 e. The molecule has 0 bridgehead atoms. The number of hydrogen-bond acceptors (Lipinski definition) is 3. The lowest BCUT2D eigenvalue weighted by Crippen LogP contribution is -2.30. The third-order valence-corrected chi connectivity index (χ3v) is 4.08. The summed E-state index contributed by atoms with van der Waals surface area (Å²) in [6.45, 7) is 3.31. The zero-order chi connectivity index (χ0) is 13.8. The summed E-state index contributed by atoms with van der Waals surface area (Å²) in [5.41, 5.74) is 3.90. The molecule has 1 amide bonds. The van der Waals surface area contributed by atoms with Crippen LogP contribution < -0.4 is 10.6 Å². The van der Waals surface area contributed by atoms with Crippen LogP contribution in [0.5, 0.6) is 0 Å². The molecule has 116 valence electrons. The van der Waals surface area contributed by atoms with Gasteiger partial charge in [0.25, 0.3) is 0 Å². The maximum absolute atomic E-state index is 11.9. The van der Waals surface area contributed by atoms with E-state index in [0.717, 1.165) is 32.5 Å². The van der Waals surface area contributed by atoms with E-state index in [0.29, 0.717) is 13.0 Å². The quantitative estimate of drug-likeness (QED) is 0.897. The molecule has 3 rings (SSSR count). The predicted molar refractivity (Wildman–Crippen MR) is 84.3 cm³/mol. The molecular weight excluding hydrogens is 288 g/mol. The van der Waals surface area contributed by atoms with Gasteiger partial charge in [0.15, 0.2) is 0 Å². The minimum Gasteiger partial charge on any atom is -0.378 e. The lowest BCUT2D eigenvalue weighted by Gasteiger charge is -2.21. The number of hydrogen-bond donors (Lipinski definition) is 2. The van der Waals surface area contributed by atoms with Gasteiger partial charge in [-0.3, -0.25) is 4.79 Å². The number of rotatable bonds is 4. The van der Waals surface area contributed by atoms with Gasteiger partial charge in [-0.25, -0.2) is 0 Å². The van der Waals surface area contributed by atoms with Crippen molar-refractivity contribution < 1.29 is 9.53 Å². The van der Waals surface area contributed by atoms with Gasteiger partial charge < -0.3 is 15.4 Å². The van der Waals surface area contributed by atoms with Crippen molar-refractivity contribution in [3.63, 3.8) is 0 Å². The van der Waals surface area contributed by atoms with E-state index in [9.17, 15) is 4.79 Å². The highest BCUT2D eigenvalue weighted by Gasteiger charge is 2.17. The Kier molecular flexibility index (Phi) is 6.03. The second-order valence-corrected chi connectivity index (χ2v) is 5.68. The fourth-order valence-corrected chi connectivity index (χ4v) is 2.91. The first-order valence-corrected chi connectivity index (χ1v) is 7.51. The Labute approximate surface area is 132 Å². The molecule has 1 atom stereocenters. The van der Waals surface area contributed by atoms with Crippen LogP contribution in [0.3, 0.4) is 0 Å². The number of carbonyl (C=O) groups is 1. The van der Waals surface area contributed by atoms with Gasteiger partial charge in [-0.15, -0.1) is 12.4 Å². The van der Waals surface area contributed by atoms with Gasteiger partial charge in [-0.05, 0) is 36.0 Å². The van der Waals surface area contributed by atoms with Gasteiger partial charge in [-0.2, -0.15) is 0 Å².